The van der Waals surface area contributed by atoms with Gasteiger partial charge in [-0.2, -0.15) is 8.78 Å². The van der Waals surface area contributed by atoms with Gasteiger partial charge in [0.05, 0.1) is 11.1 Å². The molecular weight excluding hydrogens is 410 g/mol. The molecule has 0 spiro atoms. The van der Waals surface area contributed by atoms with Crippen molar-refractivity contribution in [3.05, 3.63) is 82.8 Å². The maximum Gasteiger partial charge on any atom is 0.316 e. The van der Waals surface area contributed by atoms with E-state index in [-0.39, 0.29) is 5.56 Å². The molecule has 0 aliphatic carbocycles. The molecule has 4 rings (SSSR count). The fourth-order valence-electron chi connectivity index (χ4n) is 2.77. The average Bonchev–Trinajstić information content (AvgIpc) is 3.21. The van der Waals surface area contributed by atoms with Crippen LogP contribution in [0.15, 0.2) is 54.9 Å². The number of tetrazole rings is 1. The van der Waals surface area contributed by atoms with Gasteiger partial charge in [0.1, 0.15) is 12.0 Å². The second-order valence-electron chi connectivity index (χ2n) is 6.07. The molecule has 29 heavy (non-hydrogen) atoms. The predicted octanol–water partition coefficient (Wildman–Crippen LogP) is 4.94. The summed E-state index contributed by atoms with van der Waals surface area (Å²) in [5.74, 6) is -6.09. The van der Waals surface area contributed by atoms with Gasteiger partial charge >= 0.3 is 5.92 Å². The largest absolute Gasteiger partial charge is 0.316 e. The van der Waals surface area contributed by atoms with Crippen LogP contribution in [0.5, 0.6) is 0 Å². The third-order valence-corrected chi connectivity index (χ3v) is 4.40. The molecule has 0 radical (unpaired) electrons. The Morgan fingerprint density at radius 2 is 1.83 bits per heavy atom. The first-order chi connectivity index (χ1) is 13.8. The lowest BCUT2D eigenvalue weighted by molar-refractivity contribution is 0.0602. The van der Waals surface area contributed by atoms with Crippen molar-refractivity contribution in [1.29, 1.82) is 0 Å². The fourth-order valence-corrected chi connectivity index (χ4v) is 2.95. The number of hydrogen-bond donors (Lipinski definition) is 0. The SMILES string of the molecule is Fc1ccc(C(=Cn2cnnn2)C(F)(F)c2ccc3cc(Cl)ccc3n2)cc1F. The molecule has 146 valence electrons. The van der Waals surface area contributed by atoms with E-state index in [9.17, 15) is 8.78 Å². The van der Waals surface area contributed by atoms with Crippen molar-refractivity contribution in [2.75, 3.05) is 0 Å². The van der Waals surface area contributed by atoms with Crippen LogP contribution in [0.1, 0.15) is 11.3 Å². The van der Waals surface area contributed by atoms with Crippen LogP contribution in [0.3, 0.4) is 0 Å². The van der Waals surface area contributed by atoms with Crippen LogP contribution in [0, 0.1) is 11.6 Å². The van der Waals surface area contributed by atoms with Gasteiger partial charge in [-0.3, -0.25) is 0 Å². The minimum Gasteiger partial charge on any atom is -0.246 e. The molecule has 2 aromatic heterocycles. The molecule has 2 aromatic carbocycles. The third-order valence-electron chi connectivity index (χ3n) is 4.17. The van der Waals surface area contributed by atoms with Gasteiger partial charge in [0.25, 0.3) is 0 Å². The van der Waals surface area contributed by atoms with Crippen molar-refractivity contribution in [2.45, 2.75) is 5.92 Å². The van der Waals surface area contributed by atoms with Crippen molar-refractivity contribution in [3.8, 4) is 0 Å². The first-order valence-corrected chi connectivity index (χ1v) is 8.57. The van der Waals surface area contributed by atoms with Gasteiger partial charge in [-0.15, -0.1) is 5.10 Å². The molecule has 0 saturated heterocycles. The summed E-state index contributed by atoms with van der Waals surface area (Å²) in [6.45, 7) is 0. The van der Waals surface area contributed by atoms with E-state index in [2.05, 4.69) is 20.5 Å². The van der Waals surface area contributed by atoms with Gasteiger partial charge in [0.15, 0.2) is 11.6 Å². The van der Waals surface area contributed by atoms with E-state index in [4.69, 9.17) is 11.6 Å². The number of allylic oxidation sites excluding steroid dienone is 1. The second-order valence-corrected chi connectivity index (χ2v) is 6.51. The molecule has 0 fully saturated rings. The highest BCUT2D eigenvalue weighted by atomic mass is 35.5. The molecule has 4 aromatic rings. The molecule has 0 N–H and O–H groups in total. The summed E-state index contributed by atoms with van der Waals surface area (Å²) in [6.07, 6.45) is 2.02. The Labute approximate surface area is 166 Å². The van der Waals surface area contributed by atoms with Crippen molar-refractivity contribution in [1.82, 2.24) is 25.2 Å². The Kier molecular flexibility index (Phi) is 4.75. The Morgan fingerprint density at radius 3 is 2.55 bits per heavy atom. The summed E-state index contributed by atoms with van der Waals surface area (Å²) in [7, 11) is 0. The number of pyridine rings is 1. The summed E-state index contributed by atoms with van der Waals surface area (Å²) in [5.41, 5.74) is -1.19. The molecule has 0 aliphatic heterocycles. The Hall–Kier alpha value is -3.33. The zero-order chi connectivity index (χ0) is 20.6. The molecule has 10 heteroatoms. The van der Waals surface area contributed by atoms with Crippen LogP contribution in [0.25, 0.3) is 22.7 Å². The summed E-state index contributed by atoms with van der Waals surface area (Å²) in [5, 5.41) is 11.3. The first kappa shape index (κ1) is 19.0. The van der Waals surface area contributed by atoms with E-state index in [1.807, 2.05) is 0 Å². The monoisotopic (exact) mass is 419 g/mol. The van der Waals surface area contributed by atoms with Crippen LogP contribution in [0.4, 0.5) is 17.6 Å². The summed E-state index contributed by atoms with van der Waals surface area (Å²) >= 11 is 5.91. The number of benzene rings is 2. The molecule has 0 unspecified atom stereocenters. The molecule has 0 atom stereocenters. The van der Waals surface area contributed by atoms with E-state index >= 15 is 8.78 Å². The number of alkyl halides is 2. The zero-order valence-electron chi connectivity index (χ0n) is 14.4. The van der Waals surface area contributed by atoms with Crippen molar-refractivity contribution < 1.29 is 17.6 Å². The molecule has 0 saturated carbocycles. The summed E-state index contributed by atoms with van der Waals surface area (Å²) in [4.78, 5) is 4.03. The maximum absolute atomic E-state index is 15.5. The fraction of sp³-hybridized carbons (Fsp3) is 0.0526. The minimum absolute atomic E-state index is 0.248. The minimum atomic E-state index is -3.68. The van der Waals surface area contributed by atoms with Crippen molar-refractivity contribution >= 4 is 34.3 Å². The third kappa shape index (κ3) is 3.68. The first-order valence-electron chi connectivity index (χ1n) is 8.19. The highest BCUT2D eigenvalue weighted by Gasteiger charge is 2.39. The lowest BCUT2D eigenvalue weighted by Gasteiger charge is -2.20. The Balaban J connectivity index is 1.88. The quantitative estimate of drug-likeness (QED) is 0.439. The number of nitrogens with zero attached hydrogens (tertiary/aromatic N) is 5. The number of fused-ring (bicyclic) bond motifs is 1. The van der Waals surface area contributed by atoms with Crippen molar-refractivity contribution in [2.24, 2.45) is 0 Å². The number of hydrogen-bond acceptors (Lipinski definition) is 4. The number of halogens is 5. The van der Waals surface area contributed by atoms with Gasteiger partial charge in [0.2, 0.25) is 0 Å². The maximum atomic E-state index is 15.5. The summed E-state index contributed by atoms with van der Waals surface area (Å²) < 4.78 is 59.0. The Morgan fingerprint density at radius 1 is 1.00 bits per heavy atom. The van der Waals surface area contributed by atoms with Crippen LogP contribution in [0.2, 0.25) is 5.02 Å². The smallest absolute Gasteiger partial charge is 0.246 e. The number of rotatable bonds is 4. The highest BCUT2D eigenvalue weighted by Crippen LogP contribution is 2.42. The molecular formula is C19H10ClF4N5. The second kappa shape index (κ2) is 7.25. The van der Waals surface area contributed by atoms with E-state index in [1.54, 1.807) is 6.07 Å². The lowest BCUT2D eigenvalue weighted by Crippen LogP contribution is -2.19. The topological polar surface area (TPSA) is 56.5 Å². The van der Waals surface area contributed by atoms with E-state index in [0.29, 0.717) is 22.0 Å². The lowest BCUT2D eigenvalue weighted by atomic mass is 9.97. The molecule has 5 nitrogen and oxygen atoms in total. The van der Waals surface area contributed by atoms with E-state index in [1.165, 1.54) is 18.2 Å². The average molecular weight is 420 g/mol. The normalized spacial score (nSPS) is 12.5. The van der Waals surface area contributed by atoms with E-state index in [0.717, 1.165) is 35.4 Å². The van der Waals surface area contributed by atoms with Crippen molar-refractivity contribution in [3.63, 3.8) is 0 Å². The van der Waals surface area contributed by atoms with Crippen LogP contribution in [-0.2, 0) is 5.92 Å². The predicted molar refractivity (Wildman–Crippen MR) is 99.0 cm³/mol. The number of aromatic nitrogens is 5. The van der Waals surface area contributed by atoms with E-state index < -0.39 is 28.8 Å². The van der Waals surface area contributed by atoms with Crippen LogP contribution >= 0.6 is 11.6 Å². The molecule has 0 bridgehead atoms. The molecule has 0 amide bonds. The van der Waals surface area contributed by atoms with Crippen LogP contribution in [-0.4, -0.2) is 25.2 Å². The van der Waals surface area contributed by atoms with Crippen LogP contribution < -0.4 is 0 Å². The van der Waals surface area contributed by atoms with Gasteiger partial charge in [-0.25, -0.2) is 18.4 Å². The molecule has 2 heterocycles. The van der Waals surface area contributed by atoms with Gasteiger partial charge < -0.3 is 0 Å². The summed E-state index contributed by atoms with van der Waals surface area (Å²) in [6, 6.07) is 9.74. The van der Waals surface area contributed by atoms with Gasteiger partial charge in [-0.1, -0.05) is 23.7 Å². The molecule has 0 aliphatic rings. The van der Waals surface area contributed by atoms with Gasteiger partial charge in [-0.05, 0) is 52.4 Å². The Bertz CT molecular complexity index is 1220. The highest BCUT2D eigenvalue weighted by molar-refractivity contribution is 6.31. The zero-order valence-corrected chi connectivity index (χ0v) is 15.2. The standard InChI is InChI=1S/C19H10ClF4N5/c20-13-3-5-17-12(7-13)2-6-18(26-17)19(23,24)14(9-29-10-25-27-28-29)11-1-4-15(21)16(22)8-11/h1-10H. The van der Waals surface area contributed by atoms with Gasteiger partial charge in [0, 0.05) is 16.6 Å².